The number of amides is 1. The standard InChI is InChI=1S/C24H21N5O/c25-15-18-14-23(20-6-2-4-8-22(20)27-18)28-9-11-29(12-10-28)24(30)13-17-16-26-21-7-3-1-5-19(17)21/h1-8,14,16,26H,9-13H2. The zero-order chi connectivity index (χ0) is 20.5. The molecule has 1 aliphatic heterocycles. The second-order valence-corrected chi connectivity index (χ2v) is 7.56. The third kappa shape index (κ3) is 3.25. The number of nitrogens with one attached hydrogen (secondary N) is 1. The number of pyridine rings is 1. The number of carbonyl (C=O) groups is 1. The lowest BCUT2D eigenvalue weighted by Crippen LogP contribution is -2.49. The first-order valence-electron chi connectivity index (χ1n) is 10.1. The Kier molecular flexibility index (Phi) is 4.56. The van der Waals surface area contributed by atoms with Crippen LogP contribution < -0.4 is 4.90 Å². The van der Waals surface area contributed by atoms with E-state index >= 15 is 0 Å². The van der Waals surface area contributed by atoms with Crippen LogP contribution in [0.15, 0.2) is 60.8 Å². The SMILES string of the molecule is N#Cc1cc(N2CCN(C(=O)Cc3c[nH]c4ccccc34)CC2)c2ccccc2n1. The number of hydrogen-bond acceptors (Lipinski definition) is 4. The molecule has 0 atom stereocenters. The molecule has 1 amide bonds. The second kappa shape index (κ2) is 7.53. The molecule has 0 saturated carbocycles. The molecule has 6 nitrogen and oxygen atoms in total. The van der Waals surface area contributed by atoms with Gasteiger partial charge >= 0.3 is 0 Å². The molecule has 148 valence electrons. The molecular formula is C24H21N5O. The van der Waals surface area contributed by atoms with Gasteiger partial charge in [0.25, 0.3) is 0 Å². The van der Waals surface area contributed by atoms with Crippen molar-refractivity contribution in [3.05, 3.63) is 72.1 Å². The first-order chi connectivity index (χ1) is 14.7. The van der Waals surface area contributed by atoms with E-state index in [1.807, 2.05) is 65.7 Å². The zero-order valence-corrected chi connectivity index (χ0v) is 16.5. The van der Waals surface area contributed by atoms with Gasteiger partial charge in [-0.05, 0) is 23.8 Å². The molecule has 2 aromatic heterocycles. The van der Waals surface area contributed by atoms with Crippen LogP contribution in [0.3, 0.4) is 0 Å². The average molecular weight is 395 g/mol. The summed E-state index contributed by atoms with van der Waals surface area (Å²) in [5.41, 5.74) is 4.35. The molecule has 0 aliphatic carbocycles. The van der Waals surface area contributed by atoms with Crippen LogP contribution in [0, 0.1) is 11.3 Å². The van der Waals surface area contributed by atoms with Crippen molar-refractivity contribution in [1.82, 2.24) is 14.9 Å². The molecule has 1 N–H and O–H groups in total. The molecule has 1 aliphatic rings. The normalized spacial score (nSPS) is 14.2. The smallest absolute Gasteiger partial charge is 0.227 e. The van der Waals surface area contributed by atoms with Gasteiger partial charge in [-0.25, -0.2) is 4.98 Å². The van der Waals surface area contributed by atoms with Gasteiger partial charge in [-0.1, -0.05) is 36.4 Å². The number of rotatable bonds is 3. The van der Waals surface area contributed by atoms with Crippen LogP contribution in [-0.2, 0) is 11.2 Å². The summed E-state index contributed by atoms with van der Waals surface area (Å²) in [5.74, 6) is 0.150. The van der Waals surface area contributed by atoms with Gasteiger partial charge in [0.2, 0.25) is 5.91 Å². The molecule has 0 bridgehead atoms. The van der Waals surface area contributed by atoms with Crippen molar-refractivity contribution in [2.24, 2.45) is 0 Å². The van der Waals surface area contributed by atoms with Crippen LogP contribution in [0.25, 0.3) is 21.8 Å². The summed E-state index contributed by atoms with van der Waals surface area (Å²) in [6.07, 6.45) is 2.34. The summed E-state index contributed by atoms with van der Waals surface area (Å²) in [5, 5.41) is 11.5. The number of aromatic nitrogens is 2. The number of H-pyrrole nitrogens is 1. The van der Waals surface area contributed by atoms with Gasteiger partial charge in [0.15, 0.2) is 0 Å². The molecule has 3 heterocycles. The van der Waals surface area contributed by atoms with E-state index in [9.17, 15) is 10.1 Å². The van der Waals surface area contributed by atoms with E-state index in [2.05, 4.69) is 20.9 Å². The lowest BCUT2D eigenvalue weighted by atomic mass is 10.1. The highest BCUT2D eigenvalue weighted by molar-refractivity contribution is 5.93. The Morgan fingerprint density at radius 3 is 2.57 bits per heavy atom. The first kappa shape index (κ1) is 18.2. The van der Waals surface area contributed by atoms with Crippen molar-refractivity contribution >= 4 is 33.4 Å². The predicted molar refractivity (Wildman–Crippen MR) is 117 cm³/mol. The van der Waals surface area contributed by atoms with Crippen LogP contribution >= 0.6 is 0 Å². The quantitative estimate of drug-likeness (QED) is 0.576. The summed E-state index contributed by atoms with van der Waals surface area (Å²) in [4.78, 5) is 24.7. The molecule has 6 heteroatoms. The number of benzene rings is 2. The van der Waals surface area contributed by atoms with Crippen molar-refractivity contribution in [2.45, 2.75) is 6.42 Å². The Bertz CT molecular complexity index is 1280. The van der Waals surface area contributed by atoms with Gasteiger partial charge in [-0.2, -0.15) is 5.26 Å². The number of para-hydroxylation sites is 2. The minimum absolute atomic E-state index is 0.150. The van der Waals surface area contributed by atoms with E-state index < -0.39 is 0 Å². The van der Waals surface area contributed by atoms with E-state index in [0.717, 1.165) is 46.1 Å². The number of piperazine rings is 1. The molecule has 1 saturated heterocycles. The maximum absolute atomic E-state index is 12.9. The van der Waals surface area contributed by atoms with Crippen LogP contribution in [0.2, 0.25) is 0 Å². The number of anilines is 1. The molecular weight excluding hydrogens is 374 g/mol. The minimum Gasteiger partial charge on any atom is -0.367 e. The van der Waals surface area contributed by atoms with Crippen molar-refractivity contribution in [3.8, 4) is 6.07 Å². The number of carbonyl (C=O) groups excluding carboxylic acids is 1. The van der Waals surface area contributed by atoms with Gasteiger partial charge in [-0.15, -0.1) is 0 Å². The summed E-state index contributed by atoms with van der Waals surface area (Å²) in [7, 11) is 0. The molecule has 30 heavy (non-hydrogen) atoms. The molecule has 1 fully saturated rings. The summed E-state index contributed by atoms with van der Waals surface area (Å²) in [6.45, 7) is 2.80. The van der Waals surface area contributed by atoms with Gasteiger partial charge in [0.1, 0.15) is 11.8 Å². The molecule has 0 unspecified atom stereocenters. The average Bonchev–Trinajstić information content (AvgIpc) is 3.21. The van der Waals surface area contributed by atoms with Crippen molar-refractivity contribution in [1.29, 1.82) is 5.26 Å². The van der Waals surface area contributed by atoms with Gasteiger partial charge in [0, 0.05) is 54.4 Å². The predicted octanol–water partition coefficient (Wildman–Crippen LogP) is 3.48. The van der Waals surface area contributed by atoms with Gasteiger partial charge < -0.3 is 14.8 Å². The molecule has 5 rings (SSSR count). The van der Waals surface area contributed by atoms with Crippen LogP contribution in [0.1, 0.15) is 11.3 Å². The highest BCUT2D eigenvalue weighted by atomic mass is 16.2. The molecule has 4 aromatic rings. The summed E-state index contributed by atoms with van der Waals surface area (Å²) < 4.78 is 0. The monoisotopic (exact) mass is 395 g/mol. The minimum atomic E-state index is 0.150. The topological polar surface area (TPSA) is 76.0 Å². The fraction of sp³-hybridized carbons (Fsp3) is 0.208. The highest BCUT2D eigenvalue weighted by Gasteiger charge is 2.23. The number of nitriles is 1. The fourth-order valence-corrected chi connectivity index (χ4v) is 4.23. The van der Waals surface area contributed by atoms with E-state index in [0.29, 0.717) is 25.2 Å². The maximum Gasteiger partial charge on any atom is 0.227 e. The summed E-state index contributed by atoms with van der Waals surface area (Å²) >= 11 is 0. The van der Waals surface area contributed by atoms with Crippen molar-refractivity contribution < 1.29 is 4.79 Å². The maximum atomic E-state index is 12.9. The van der Waals surface area contributed by atoms with E-state index in [-0.39, 0.29) is 5.91 Å². The van der Waals surface area contributed by atoms with Gasteiger partial charge in [0.05, 0.1) is 11.9 Å². The first-order valence-corrected chi connectivity index (χ1v) is 10.1. The van der Waals surface area contributed by atoms with E-state index in [1.54, 1.807) is 0 Å². The largest absolute Gasteiger partial charge is 0.367 e. The van der Waals surface area contributed by atoms with Crippen LogP contribution in [0.5, 0.6) is 0 Å². The number of hydrogen-bond donors (Lipinski definition) is 1. The van der Waals surface area contributed by atoms with Crippen LogP contribution in [-0.4, -0.2) is 47.0 Å². The number of fused-ring (bicyclic) bond motifs is 2. The zero-order valence-electron chi connectivity index (χ0n) is 16.5. The Hall–Kier alpha value is -3.85. The van der Waals surface area contributed by atoms with Gasteiger partial charge in [-0.3, -0.25) is 4.79 Å². The lowest BCUT2D eigenvalue weighted by molar-refractivity contribution is -0.130. The Labute approximate surface area is 174 Å². The molecule has 2 aromatic carbocycles. The molecule has 0 radical (unpaired) electrons. The van der Waals surface area contributed by atoms with Crippen molar-refractivity contribution in [3.63, 3.8) is 0 Å². The Morgan fingerprint density at radius 2 is 1.77 bits per heavy atom. The van der Waals surface area contributed by atoms with E-state index in [1.165, 1.54) is 0 Å². The number of nitrogens with zero attached hydrogens (tertiary/aromatic N) is 4. The van der Waals surface area contributed by atoms with Crippen LogP contribution in [0.4, 0.5) is 5.69 Å². The second-order valence-electron chi connectivity index (χ2n) is 7.56. The lowest BCUT2D eigenvalue weighted by Gasteiger charge is -2.36. The Balaban J connectivity index is 1.31. The van der Waals surface area contributed by atoms with E-state index in [4.69, 9.17) is 0 Å². The Morgan fingerprint density at radius 1 is 1.03 bits per heavy atom. The third-order valence-electron chi connectivity index (χ3n) is 5.80. The number of aromatic amines is 1. The highest BCUT2D eigenvalue weighted by Crippen LogP contribution is 2.28. The molecule has 0 spiro atoms. The third-order valence-corrected chi connectivity index (χ3v) is 5.80. The summed E-state index contributed by atoms with van der Waals surface area (Å²) in [6, 6.07) is 20.0. The van der Waals surface area contributed by atoms with Crippen molar-refractivity contribution in [2.75, 3.05) is 31.1 Å². The fourth-order valence-electron chi connectivity index (χ4n) is 4.23.